The minimum absolute atomic E-state index is 0.0496. The quantitative estimate of drug-likeness (QED) is 0.641. The Kier molecular flexibility index (Phi) is 6.47. The SMILES string of the molecule is CC1CCNC2OCCN3CCC[C@]4(COCCN4)[C@H]3COC3CCC(CC3)C12. The van der Waals surface area contributed by atoms with Crippen LogP contribution < -0.4 is 10.6 Å². The minimum Gasteiger partial charge on any atom is -0.378 e. The van der Waals surface area contributed by atoms with Gasteiger partial charge in [0.2, 0.25) is 0 Å². The van der Waals surface area contributed by atoms with E-state index >= 15 is 0 Å². The van der Waals surface area contributed by atoms with Gasteiger partial charge in [0.15, 0.2) is 0 Å². The van der Waals surface area contributed by atoms with Crippen molar-refractivity contribution in [3.05, 3.63) is 0 Å². The molecule has 0 aromatic heterocycles. The number of piperidine rings is 2. The van der Waals surface area contributed by atoms with Crippen molar-refractivity contribution < 1.29 is 14.2 Å². The maximum absolute atomic E-state index is 6.61. The highest BCUT2D eigenvalue weighted by Gasteiger charge is 2.47. The van der Waals surface area contributed by atoms with E-state index in [9.17, 15) is 0 Å². The Morgan fingerprint density at radius 2 is 1.86 bits per heavy atom. The molecular weight excluding hydrogens is 366 g/mol. The van der Waals surface area contributed by atoms with Crippen LogP contribution in [0.15, 0.2) is 0 Å². The number of nitrogens with zero attached hydrogens (tertiary/aromatic N) is 1. The van der Waals surface area contributed by atoms with E-state index < -0.39 is 0 Å². The lowest BCUT2D eigenvalue weighted by molar-refractivity contribution is -0.0960. The highest BCUT2D eigenvalue weighted by atomic mass is 16.5. The van der Waals surface area contributed by atoms with Crippen LogP contribution in [0.5, 0.6) is 0 Å². The van der Waals surface area contributed by atoms with Crippen molar-refractivity contribution in [2.45, 2.75) is 75.8 Å². The molecule has 2 N–H and O–H groups in total. The summed E-state index contributed by atoms with van der Waals surface area (Å²) in [4.78, 5) is 2.64. The molecule has 0 radical (unpaired) electrons. The Morgan fingerprint density at radius 1 is 0.966 bits per heavy atom. The fourth-order valence-corrected chi connectivity index (χ4v) is 6.98. The Labute approximate surface area is 176 Å². The number of hydrogen-bond donors (Lipinski definition) is 2. The summed E-state index contributed by atoms with van der Waals surface area (Å²) in [5.41, 5.74) is 0.0496. The summed E-state index contributed by atoms with van der Waals surface area (Å²) >= 11 is 0. The average Bonchev–Trinajstić information content (AvgIpc) is 2.76. The highest BCUT2D eigenvalue weighted by Crippen LogP contribution is 2.40. The standard InChI is InChI=1S/C23H41N3O3/c1-17-7-9-24-22-21(17)18-3-5-19(6-4-18)29-15-20-23(16-27-13-10-25-23)8-2-11-26(20)12-14-28-22/h17-22,24-25H,2-16H2,1H3/t17?,18?,19?,20-,21?,22?,23+/m1/s1. The third kappa shape index (κ3) is 4.26. The molecular formula is C23H41N3O3. The summed E-state index contributed by atoms with van der Waals surface area (Å²) in [6, 6.07) is 0.382. The van der Waals surface area contributed by atoms with Crippen LogP contribution in [0.1, 0.15) is 51.9 Å². The predicted octanol–water partition coefficient (Wildman–Crippen LogP) is 1.99. The van der Waals surface area contributed by atoms with E-state index in [4.69, 9.17) is 14.2 Å². The van der Waals surface area contributed by atoms with Crippen LogP contribution in [-0.2, 0) is 14.2 Å². The second kappa shape index (κ2) is 9.09. The van der Waals surface area contributed by atoms with Gasteiger partial charge in [0.05, 0.1) is 44.1 Å². The summed E-state index contributed by atoms with van der Waals surface area (Å²) < 4.78 is 19.1. The molecule has 29 heavy (non-hydrogen) atoms. The molecule has 6 aliphatic rings. The number of ether oxygens (including phenoxy) is 3. The maximum Gasteiger partial charge on any atom is 0.111 e. The second-order valence-electron chi connectivity index (χ2n) is 10.2. The Morgan fingerprint density at radius 3 is 2.69 bits per heavy atom. The zero-order valence-electron chi connectivity index (χ0n) is 18.2. The minimum atomic E-state index is 0.0496. The van der Waals surface area contributed by atoms with Gasteiger partial charge in [-0.05, 0) is 69.9 Å². The molecule has 6 nitrogen and oxygen atoms in total. The first-order valence-corrected chi connectivity index (χ1v) is 12.3. The average molecular weight is 408 g/mol. The summed E-state index contributed by atoms with van der Waals surface area (Å²) in [6.45, 7) is 9.91. The van der Waals surface area contributed by atoms with Crippen molar-refractivity contribution in [3.8, 4) is 0 Å². The van der Waals surface area contributed by atoms with E-state index in [2.05, 4.69) is 22.5 Å². The van der Waals surface area contributed by atoms with E-state index in [1.165, 1.54) is 44.9 Å². The topological polar surface area (TPSA) is 55.0 Å². The molecule has 3 unspecified atom stereocenters. The van der Waals surface area contributed by atoms with Crippen LogP contribution in [0.4, 0.5) is 0 Å². The van der Waals surface area contributed by atoms with Crippen LogP contribution in [-0.4, -0.2) is 81.4 Å². The van der Waals surface area contributed by atoms with Gasteiger partial charge in [-0.1, -0.05) is 6.92 Å². The largest absolute Gasteiger partial charge is 0.378 e. The van der Waals surface area contributed by atoms with Crippen molar-refractivity contribution >= 4 is 0 Å². The third-order valence-corrected chi connectivity index (χ3v) is 8.61. The lowest BCUT2D eigenvalue weighted by Gasteiger charge is -2.52. The van der Waals surface area contributed by atoms with Crippen LogP contribution in [0.25, 0.3) is 0 Å². The van der Waals surface area contributed by atoms with Crippen molar-refractivity contribution in [1.29, 1.82) is 0 Å². The molecule has 0 aromatic rings. The van der Waals surface area contributed by atoms with Gasteiger partial charge in [-0.15, -0.1) is 0 Å². The van der Waals surface area contributed by atoms with E-state index in [1.54, 1.807) is 0 Å². The molecule has 5 saturated heterocycles. The van der Waals surface area contributed by atoms with Gasteiger partial charge >= 0.3 is 0 Å². The summed E-state index contributed by atoms with van der Waals surface area (Å²) in [5.74, 6) is 2.19. The second-order valence-corrected chi connectivity index (χ2v) is 10.2. The Hall–Kier alpha value is -0.240. The van der Waals surface area contributed by atoms with Gasteiger partial charge in [-0.3, -0.25) is 10.2 Å². The number of hydrogen-bond acceptors (Lipinski definition) is 6. The molecule has 6 heteroatoms. The summed E-state index contributed by atoms with van der Waals surface area (Å²) in [5, 5.41) is 7.58. The molecule has 1 spiro atoms. The van der Waals surface area contributed by atoms with Crippen LogP contribution in [0.3, 0.4) is 0 Å². The molecule has 1 saturated carbocycles. The fraction of sp³-hybridized carbons (Fsp3) is 1.00. The van der Waals surface area contributed by atoms with Gasteiger partial charge in [-0.2, -0.15) is 0 Å². The smallest absolute Gasteiger partial charge is 0.111 e. The van der Waals surface area contributed by atoms with Crippen LogP contribution >= 0.6 is 0 Å². The zero-order chi connectivity index (χ0) is 19.7. The molecule has 5 aliphatic heterocycles. The van der Waals surface area contributed by atoms with Crippen molar-refractivity contribution in [3.63, 3.8) is 0 Å². The lowest BCUT2D eigenvalue weighted by atomic mass is 9.71. The maximum atomic E-state index is 6.61. The first-order valence-electron chi connectivity index (χ1n) is 12.3. The molecule has 6 fully saturated rings. The summed E-state index contributed by atoms with van der Waals surface area (Å²) in [7, 11) is 0. The van der Waals surface area contributed by atoms with E-state index in [0.717, 1.165) is 64.4 Å². The molecule has 0 aromatic carbocycles. The van der Waals surface area contributed by atoms with E-state index in [1.807, 2.05) is 0 Å². The molecule has 5 heterocycles. The summed E-state index contributed by atoms with van der Waals surface area (Å²) in [6.07, 6.45) is 9.37. The van der Waals surface area contributed by atoms with Crippen LogP contribution in [0.2, 0.25) is 0 Å². The zero-order valence-corrected chi connectivity index (χ0v) is 18.2. The normalized spacial score (nSPS) is 47.5. The molecule has 166 valence electrons. The molecule has 5 atom stereocenters. The van der Waals surface area contributed by atoms with E-state index in [-0.39, 0.29) is 11.8 Å². The van der Waals surface area contributed by atoms with Crippen molar-refractivity contribution in [2.75, 3.05) is 52.6 Å². The lowest BCUT2D eigenvalue weighted by Crippen LogP contribution is -2.70. The van der Waals surface area contributed by atoms with Gasteiger partial charge in [0.25, 0.3) is 0 Å². The van der Waals surface area contributed by atoms with Gasteiger partial charge < -0.3 is 19.5 Å². The molecule has 6 rings (SSSR count). The number of morpholine rings is 1. The Balaban J connectivity index is 1.35. The number of fused-ring (bicyclic) bond motifs is 5. The highest BCUT2D eigenvalue weighted by molar-refractivity contribution is 5.04. The molecule has 1 aliphatic carbocycles. The first-order chi connectivity index (χ1) is 14.3. The predicted molar refractivity (Wildman–Crippen MR) is 113 cm³/mol. The monoisotopic (exact) mass is 407 g/mol. The van der Waals surface area contributed by atoms with Gasteiger partial charge in [0.1, 0.15) is 6.23 Å². The van der Waals surface area contributed by atoms with Gasteiger partial charge in [0, 0.05) is 19.0 Å². The third-order valence-electron chi connectivity index (χ3n) is 8.61. The Bertz CT molecular complexity index is 528. The fourth-order valence-electron chi connectivity index (χ4n) is 6.98. The number of rotatable bonds is 0. The van der Waals surface area contributed by atoms with E-state index in [0.29, 0.717) is 18.1 Å². The van der Waals surface area contributed by atoms with Crippen molar-refractivity contribution in [1.82, 2.24) is 15.5 Å². The molecule has 0 amide bonds. The molecule has 2 bridgehead atoms. The number of nitrogens with one attached hydrogen (secondary N) is 2. The van der Waals surface area contributed by atoms with Gasteiger partial charge in [-0.25, -0.2) is 0 Å². The van der Waals surface area contributed by atoms with Crippen LogP contribution in [0, 0.1) is 17.8 Å². The first kappa shape index (κ1) is 20.7. The van der Waals surface area contributed by atoms with Crippen molar-refractivity contribution in [2.24, 2.45) is 17.8 Å².